The molecular weight excluding hydrogens is 599 g/mol. The Balaban J connectivity index is 3.53. The van der Waals surface area contributed by atoms with Crippen molar-refractivity contribution in [3.05, 3.63) is 21.8 Å². The highest BCUT2D eigenvalue weighted by atomic mass is 127. The lowest BCUT2D eigenvalue weighted by Crippen LogP contribution is -2.52. The number of carbonyl (C=O) groups is 1. The summed E-state index contributed by atoms with van der Waals surface area (Å²) in [7, 11) is -4.13. The first-order chi connectivity index (χ1) is 16.5. The van der Waals surface area contributed by atoms with E-state index in [9.17, 15) is 9.90 Å². The molecular formula is C28H53IO5Si2. The Kier molecular flexibility index (Phi) is 13.1. The molecule has 0 saturated carbocycles. The van der Waals surface area contributed by atoms with Crippen molar-refractivity contribution in [1.29, 1.82) is 0 Å². The standard InChI is InChI=1S/C28H53IO5Si2/c1-12-36(13-2,14-3)34-28(9)18-17-23(33-35(10,11)27(6,7)8)19-25(31)32-26(22(5)20-29)21(4)15-16-24(28)30/h15-16,20-21,23-24,26,30H,12-14,17-19H2,1-11H3/b16-15+,22-20+/t21-,23?,24-,26-,28+/m0/s1. The summed E-state index contributed by atoms with van der Waals surface area (Å²) < 4.78 is 21.7. The van der Waals surface area contributed by atoms with E-state index >= 15 is 0 Å². The molecule has 0 saturated heterocycles. The van der Waals surface area contributed by atoms with Crippen molar-refractivity contribution in [2.75, 3.05) is 0 Å². The Hall–Kier alpha value is -0.00623. The Morgan fingerprint density at radius 3 is 2.25 bits per heavy atom. The highest BCUT2D eigenvalue weighted by Gasteiger charge is 2.44. The van der Waals surface area contributed by atoms with Gasteiger partial charge in [0.05, 0.1) is 24.2 Å². The van der Waals surface area contributed by atoms with Gasteiger partial charge in [0.25, 0.3) is 0 Å². The van der Waals surface area contributed by atoms with E-state index in [0.717, 1.165) is 23.7 Å². The van der Waals surface area contributed by atoms with Gasteiger partial charge in [-0.15, -0.1) is 0 Å². The van der Waals surface area contributed by atoms with Gasteiger partial charge in [0.15, 0.2) is 16.6 Å². The second-order valence-corrected chi connectivity index (χ2v) is 22.4. The quantitative estimate of drug-likeness (QED) is 0.124. The van der Waals surface area contributed by atoms with Crippen molar-refractivity contribution >= 4 is 45.2 Å². The highest BCUT2D eigenvalue weighted by Crippen LogP contribution is 2.40. The van der Waals surface area contributed by atoms with E-state index in [1.165, 1.54) is 0 Å². The summed E-state index contributed by atoms with van der Waals surface area (Å²) in [6, 6.07) is 3.04. The average molecular weight is 653 g/mol. The molecule has 0 aromatic heterocycles. The fourth-order valence-corrected chi connectivity index (χ4v) is 9.49. The van der Waals surface area contributed by atoms with Crippen LogP contribution >= 0.6 is 22.6 Å². The van der Waals surface area contributed by atoms with Crippen LogP contribution in [0.2, 0.25) is 36.3 Å². The molecule has 8 heteroatoms. The summed E-state index contributed by atoms with van der Waals surface area (Å²) in [5, 5.41) is 11.5. The van der Waals surface area contributed by atoms with Crippen LogP contribution in [0.4, 0.5) is 0 Å². The van der Waals surface area contributed by atoms with Gasteiger partial charge in [0.1, 0.15) is 6.10 Å². The van der Waals surface area contributed by atoms with Crippen LogP contribution in [0.15, 0.2) is 21.8 Å². The normalized spacial score (nSPS) is 30.8. The maximum Gasteiger partial charge on any atom is 0.308 e. The Labute approximate surface area is 237 Å². The minimum atomic E-state index is -2.13. The lowest BCUT2D eigenvalue weighted by Gasteiger charge is -2.44. The molecule has 0 fully saturated rings. The van der Waals surface area contributed by atoms with Crippen LogP contribution < -0.4 is 0 Å². The molecule has 5 atom stereocenters. The number of cyclic esters (lactones) is 1. The Morgan fingerprint density at radius 2 is 1.78 bits per heavy atom. The molecule has 0 amide bonds. The summed E-state index contributed by atoms with van der Waals surface area (Å²) in [5.41, 5.74) is 0.245. The topological polar surface area (TPSA) is 65.0 Å². The smallest absolute Gasteiger partial charge is 0.308 e. The van der Waals surface area contributed by atoms with E-state index in [4.69, 9.17) is 13.6 Å². The zero-order valence-electron chi connectivity index (χ0n) is 24.7. The predicted molar refractivity (Wildman–Crippen MR) is 165 cm³/mol. The fourth-order valence-electron chi connectivity index (χ4n) is 4.60. The van der Waals surface area contributed by atoms with Gasteiger partial charge < -0.3 is 18.7 Å². The number of hydrogen-bond acceptors (Lipinski definition) is 5. The van der Waals surface area contributed by atoms with Crippen LogP contribution in [0, 0.1) is 5.92 Å². The van der Waals surface area contributed by atoms with Crippen molar-refractivity contribution in [1.82, 2.24) is 0 Å². The van der Waals surface area contributed by atoms with Gasteiger partial charge in [-0.3, -0.25) is 4.79 Å². The average Bonchev–Trinajstić information content (AvgIpc) is 2.80. The zero-order valence-corrected chi connectivity index (χ0v) is 28.9. The van der Waals surface area contributed by atoms with Crippen molar-refractivity contribution in [2.45, 2.75) is 142 Å². The van der Waals surface area contributed by atoms with E-state index in [1.807, 2.05) is 30.1 Å². The monoisotopic (exact) mass is 652 g/mol. The molecule has 0 aromatic rings. The van der Waals surface area contributed by atoms with Crippen LogP contribution in [0.3, 0.4) is 0 Å². The third-order valence-electron chi connectivity index (χ3n) is 8.59. The Bertz CT molecular complexity index is 764. The fraction of sp³-hybridized carbons (Fsp3) is 0.821. The molecule has 210 valence electrons. The maximum atomic E-state index is 13.2. The van der Waals surface area contributed by atoms with E-state index in [1.54, 1.807) is 0 Å². The summed E-state index contributed by atoms with van der Waals surface area (Å²) in [6.07, 6.45) is 3.87. The second-order valence-electron chi connectivity index (χ2n) is 12.4. The summed E-state index contributed by atoms with van der Waals surface area (Å²) in [6.45, 7) is 23.8. The molecule has 36 heavy (non-hydrogen) atoms. The first-order valence-electron chi connectivity index (χ1n) is 13.7. The lowest BCUT2D eigenvalue weighted by atomic mass is 9.89. The molecule has 0 aromatic carbocycles. The maximum absolute atomic E-state index is 13.2. The van der Waals surface area contributed by atoms with Crippen LogP contribution in [0.25, 0.3) is 0 Å². The van der Waals surface area contributed by atoms with Gasteiger partial charge in [-0.2, -0.15) is 0 Å². The molecule has 0 aliphatic carbocycles. The van der Waals surface area contributed by atoms with E-state index < -0.39 is 28.3 Å². The first-order valence-corrected chi connectivity index (χ1v) is 20.4. The van der Waals surface area contributed by atoms with Crippen molar-refractivity contribution in [2.24, 2.45) is 5.92 Å². The number of rotatable bonds is 8. The molecule has 1 unspecified atom stereocenters. The van der Waals surface area contributed by atoms with Gasteiger partial charge in [0.2, 0.25) is 0 Å². The Morgan fingerprint density at radius 1 is 1.22 bits per heavy atom. The SMILES string of the molecule is CC[Si](CC)(CC)O[C@]1(C)CCC(O[Si](C)(C)C(C)(C)C)CC(=O)O[C@H](/C(C)=C/I)[C@@H](C)/C=C/[C@@H]1O. The van der Waals surface area contributed by atoms with Crippen molar-refractivity contribution in [3.63, 3.8) is 0 Å². The molecule has 1 heterocycles. The largest absolute Gasteiger partial charge is 0.457 e. The second kappa shape index (κ2) is 13.9. The minimum Gasteiger partial charge on any atom is -0.457 e. The third kappa shape index (κ3) is 9.04. The zero-order chi connectivity index (χ0) is 27.9. The number of aliphatic hydroxyl groups is 1. The number of halogens is 1. The number of carbonyl (C=O) groups excluding carboxylic acids is 1. The van der Waals surface area contributed by atoms with Gasteiger partial charge in [-0.25, -0.2) is 0 Å². The molecule has 1 rings (SSSR count). The predicted octanol–water partition coefficient (Wildman–Crippen LogP) is 8.15. The van der Waals surface area contributed by atoms with E-state index in [2.05, 4.69) is 84.2 Å². The minimum absolute atomic E-state index is 0.0228. The van der Waals surface area contributed by atoms with Crippen LogP contribution in [0.5, 0.6) is 0 Å². The lowest BCUT2D eigenvalue weighted by molar-refractivity contribution is -0.151. The van der Waals surface area contributed by atoms with Crippen LogP contribution in [-0.2, 0) is 18.4 Å². The molecule has 1 aliphatic rings. The third-order valence-corrected chi connectivity index (χ3v) is 18.9. The summed E-state index contributed by atoms with van der Waals surface area (Å²) >= 11 is 2.19. The molecule has 0 spiro atoms. The molecule has 5 nitrogen and oxygen atoms in total. The molecule has 0 bridgehead atoms. The molecule has 1 aliphatic heterocycles. The van der Waals surface area contributed by atoms with Crippen LogP contribution in [0.1, 0.15) is 81.6 Å². The van der Waals surface area contributed by atoms with Crippen molar-refractivity contribution < 1.29 is 23.5 Å². The number of hydrogen-bond donors (Lipinski definition) is 1. The van der Waals surface area contributed by atoms with E-state index in [0.29, 0.717) is 12.8 Å². The molecule has 0 radical (unpaired) electrons. The van der Waals surface area contributed by atoms with E-state index in [-0.39, 0.29) is 35.6 Å². The van der Waals surface area contributed by atoms with Crippen LogP contribution in [-0.4, -0.2) is 51.6 Å². The summed E-state index contributed by atoms with van der Waals surface area (Å²) in [4.78, 5) is 13.2. The number of esters is 1. The van der Waals surface area contributed by atoms with Gasteiger partial charge >= 0.3 is 5.97 Å². The first kappa shape index (κ1) is 34.0. The van der Waals surface area contributed by atoms with Gasteiger partial charge in [-0.1, -0.05) is 83.2 Å². The van der Waals surface area contributed by atoms with Gasteiger partial charge in [-0.05, 0) is 72.6 Å². The number of aliphatic hydroxyl groups excluding tert-OH is 1. The highest BCUT2D eigenvalue weighted by molar-refractivity contribution is 14.1. The van der Waals surface area contributed by atoms with Crippen molar-refractivity contribution in [3.8, 4) is 0 Å². The summed E-state index contributed by atoms with van der Waals surface area (Å²) in [5.74, 6) is -0.312. The van der Waals surface area contributed by atoms with Gasteiger partial charge in [0, 0.05) is 5.92 Å². The molecule has 1 N–H and O–H groups in total. The number of ether oxygens (including phenoxy) is 1.